The molecule has 0 aliphatic rings. The molecule has 9 heteroatoms. The maximum Gasteiger partial charge on any atom is 0.249 e. The van der Waals surface area contributed by atoms with Gasteiger partial charge in [0.25, 0.3) is 0 Å². The summed E-state index contributed by atoms with van der Waals surface area (Å²) in [7, 11) is 0. The van der Waals surface area contributed by atoms with Crippen molar-refractivity contribution in [2.24, 2.45) is 5.73 Å². The van der Waals surface area contributed by atoms with Gasteiger partial charge in [-0.25, -0.2) is 4.68 Å². The molecule has 2 N–H and O–H groups in total. The molecule has 0 saturated heterocycles. The van der Waals surface area contributed by atoms with Crippen molar-refractivity contribution in [2.75, 3.05) is 13.2 Å². The molecule has 6 nitrogen and oxygen atoms in total. The third-order valence-corrected chi connectivity index (χ3v) is 5.90. The lowest BCUT2D eigenvalue weighted by Crippen LogP contribution is -2.12. The van der Waals surface area contributed by atoms with Crippen LogP contribution < -0.4 is 15.2 Å². The molecule has 0 spiro atoms. The van der Waals surface area contributed by atoms with E-state index in [1.807, 2.05) is 35.0 Å². The van der Waals surface area contributed by atoms with Crippen LogP contribution in [0.4, 0.5) is 4.39 Å². The molecule has 0 unspecified atom stereocenters. The Balaban J connectivity index is 1.50. The van der Waals surface area contributed by atoms with Crippen LogP contribution in [-0.4, -0.2) is 28.9 Å². The van der Waals surface area contributed by atoms with E-state index in [-0.39, 0.29) is 31.3 Å². The standard InChI is InChI=1S/C24H21ClFN3O3S/c1-2-31-24-21(26)22(15-3-5-16(6-4-15)23(27)30)28-29(24)10-11-32-20-8-7-17(13-19(20)25)18-9-12-33-14-18/h3-9,12-14H,2,10-11H2,1H3,(H2,27,30). The number of rotatable bonds is 9. The van der Waals surface area contributed by atoms with Gasteiger partial charge in [0, 0.05) is 11.1 Å². The SMILES string of the molecule is CCOc1c(F)c(-c2ccc(C(N)=O)cc2)nn1CCOc1ccc(-c2ccsc2)cc1Cl. The summed E-state index contributed by atoms with van der Waals surface area (Å²) in [5.41, 5.74) is 8.33. The van der Waals surface area contributed by atoms with Crippen molar-refractivity contribution in [3.8, 4) is 34.0 Å². The smallest absolute Gasteiger partial charge is 0.249 e. The first-order valence-electron chi connectivity index (χ1n) is 10.2. The van der Waals surface area contributed by atoms with Gasteiger partial charge in [-0.2, -0.15) is 20.8 Å². The van der Waals surface area contributed by atoms with Crippen LogP contribution in [0.1, 0.15) is 17.3 Å². The molecule has 1 amide bonds. The van der Waals surface area contributed by atoms with Crippen molar-refractivity contribution in [3.05, 3.63) is 75.7 Å². The number of aromatic nitrogens is 2. The third kappa shape index (κ3) is 5.02. The van der Waals surface area contributed by atoms with E-state index < -0.39 is 11.7 Å². The Morgan fingerprint density at radius 3 is 2.52 bits per heavy atom. The van der Waals surface area contributed by atoms with Gasteiger partial charge in [-0.05, 0) is 59.1 Å². The largest absolute Gasteiger partial charge is 0.490 e. The molecule has 0 aliphatic heterocycles. The molecule has 0 atom stereocenters. The Morgan fingerprint density at radius 1 is 1.12 bits per heavy atom. The Bertz CT molecular complexity index is 1260. The Morgan fingerprint density at radius 2 is 1.88 bits per heavy atom. The topological polar surface area (TPSA) is 79.4 Å². The summed E-state index contributed by atoms with van der Waals surface area (Å²) in [6, 6.07) is 13.9. The van der Waals surface area contributed by atoms with Gasteiger partial charge < -0.3 is 15.2 Å². The normalized spacial score (nSPS) is 10.9. The zero-order chi connectivity index (χ0) is 23.4. The van der Waals surface area contributed by atoms with E-state index in [1.54, 1.807) is 30.4 Å². The number of hydrogen-bond donors (Lipinski definition) is 1. The molecular formula is C24H21ClFN3O3S. The highest BCUT2D eigenvalue weighted by atomic mass is 35.5. The molecule has 0 bridgehead atoms. The molecule has 170 valence electrons. The van der Waals surface area contributed by atoms with Gasteiger partial charge >= 0.3 is 0 Å². The molecule has 0 radical (unpaired) electrons. The number of nitrogens with zero attached hydrogens (tertiary/aromatic N) is 2. The summed E-state index contributed by atoms with van der Waals surface area (Å²) >= 11 is 8.01. The van der Waals surface area contributed by atoms with Crippen LogP contribution in [0.15, 0.2) is 59.3 Å². The summed E-state index contributed by atoms with van der Waals surface area (Å²) in [4.78, 5) is 11.3. The number of nitrogens with two attached hydrogens (primary N) is 1. The summed E-state index contributed by atoms with van der Waals surface area (Å²) < 4.78 is 27.8. The number of ether oxygens (including phenoxy) is 2. The Kier molecular flexibility index (Phi) is 6.96. The average molecular weight is 486 g/mol. The van der Waals surface area contributed by atoms with E-state index in [2.05, 4.69) is 5.10 Å². The van der Waals surface area contributed by atoms with Crippen LogP contribution in [0.2, 0.25) is 5.02 Å². The van der Waals surface area contributed by atoms with Crippen LogP contribution in [0, 0.1) is 5.82 Å². The number of thiophene rings is 1. The first-order valence-corrected chi connectivity index (χ1v) is 11.5. The molecule has 0 fully saturated rings. The number of hydrogen-bond acceptors (Lipinski definition) is 5. The Hall–Kier alpha value is -3.36. The summed E-state index contributed by atoms with van der Waals surface area (Å²) in [6.07, 6.45) is 0. The number of benzene rings is 2. The average Bonchev–Trinajstić information content (AvgIpc) is 3.45. The molecule has 2 aromatic carbocycles. The molecule has 4 rings (SSSR count). The number of carbonyl (C=O) groups is 1. The van der Waals surface area contributed by atoms with Gasteiger partial charge in [0.15, 0.2) is 0 Å². The van der Waals surface area contributed by atoms with Crippen LogP contribution in [0.5, 0.6) is 11.6 Å². The van der Waals surface area contributed by atoms with Gasteiger partial charge in [0.2, 0.25) is 17.6 Å². The molecular weight excluding hydrogens is 465 g/mol. The minimum atomic E-state index is -0.582. The van der Waals surface area contributed by atoms with Gasteiger partial charge in [-0.1, -0.05) is 29.8 Å². The van der Waals surface area contributed by atoms with Gasteiger partial charge in [-0.3, -0.25) is 4.79 Å². The first-order chi connectivity index (χ1) is 16.0. The minimum Gasteiger partial charge on any atom is -0.490 e. The fraction of sp³-hybridized carbons (Fsp3) is 0.167. The predicted molar refractivity (Wildman–Crippen MR) is 128 cm³/mol. The van der Waals surface area contributed by atoms with Crippen LogP contribution in [0.3, 0.4) is 0 Å². The molecule has 0 saturated carbocycles. The van der Waals surface area contributed by atoms with Gasteiger partial charge in [0.1, 0.15) is 18.1 Å². The van der Waals surface area contributed by atoms with Crippen LogP contribution in [0.25, 0.3) is 22.4 Å². The molecule has 2 aromatic heterocycles. The van der Waals surface area contributed by atoms with Crippen molar-refractivity contribution >= 4 is 28.8 Å². The second kappa shape index (κ2) is 10.1. The molecule has 4 aromatic rings. The quantitative estimate of drug-likeness (QED) is 0.332. The summed E-state index contributed by atoms with van der Waals surface area (Å²) in [5.74, 6) is -0.582. The molecule has 2 heterocycles. The lowest BCUT2D eigenvalue weighted by molar-refractivity contribution is 0.100. The van der Waals surface area contributed by atoms with E-state index >= 15 is 4.39 Å². The van der Waals surface area contributed by atoms with Crippen molar-refractivity contribution < 1.29 is 18.7 Å². The van der Waals surface area contributed by atoms with E-state index in [1.165, 1.54) is 16.8 Å². The van der Waals surface area contributed by atoms with Crippen molar-refractivity contribution in [1.29, 1.82) is 0 Å². The van der Waals surface area contributed by atoms with Crippen molar-refractivity contribution in [2.45, 2.75) is 13.5 Å². The van der Waals surface area contributed by atoms with Crippen molar-refractivity contribution in [3.63, 3.8) is 0 Å². The zero-order valence-corrected chi connectivity index (χ0v) is 19.3. The van der Waals surface area contributed by atoms with Crippen molar-refractivity contribution in [1.82, 2.24) is 9.78 Å². The van der Waals surface area contributed by atoms with Gasteiger partial charge in [0.05, 0.1) is 18.2 Å². The highest BCUT2D eigenvalue weighted by Gasteiger charge is 2.21. The summed E-state index contributed by atoms with van der Waals surface area (Å²) in [5, 5.41) is 8.91. The highest BCUT2D eigenvalue weighted by molar-refractivity contribution is 7.08. The lowest BCUT2D eigenvalue weighted by atomic mass is 10.1. The Labute approximate surface area is 199 Å². The zero-order valence-electron chi connectivity index (χ0n) is 17.8. The monoisotopic (exact) mass is 485 g/mol. The number of primary amides is 1. The number of halogens is 2. The van der Waals surface area contributed by atoms with Crippen LogP contribution >= 0.6 is 22.9 Å². The minimum absolute atomic E-state index is 0.0222. The van der Waals surface area contributed by atoms with E-state index in [4.69, 9.17) is 26.8 Å². The fourth-order valence-electron chi connectivity index (χ4n) is 3.30. The van der Waals surface area contributed by atoms with Gasteiger partial charge in [-0.15, -0.1) is 0 Å². The van der Waals surface area contributed by atoms with E-state index in [0.29, 0.717) is 21.9 Å². The molecule has 33 heavy (non-hydrogen) atoms. The predicted octanol–water partition coefficient (Wildman–Crippen LogP) is 5.65. The number of amides is 1. The third-order valence-electron chi connectivity index (χ3n) is 4.92. The number of carbonyl (C=O) groups excluding carboxylic acids is 1. The lowest BCUT2D eigenvalue weighted by Gasteiger charge is -2.11. The second-order valence-corrected chi connectivity index (χ2v) is 8.26. The maximum absolute atomic E-state index is 15.1. The fourth-order valence-corrected chi connectivity index (χ4v) is 4.20. The maximum atomic E-state index is 15.1. The first kappa shape index (κ1) is 22.8. The second-order valence-electron chi connectivity index (χ2n) is 7.07. The van der Waals surface area contributed by atoms with E-state index in [0.717, 1.165) is 11.1 Å². The van der Waals surface area contributed by atoms with E-state index in [9.17, 15) is 4.79 Å². The summed E-state index contributed by atoms with van der Waals surface area (Å²) in [6.45, 7) is 2.50. The van der Waals surface area contributed by atoms with Crippen LogP contribution in [-0.2, 0) is 6.54 Å². The molecule has 0 aliphatic carbocycles. The highest BCUT2D eigenvalue weighted by Crippen LogP contribution is 2.32.